The molecule has 0 aliphatic carbocycles. The Hall–Kier alpha value is -0.860. The van der Waals surface area contributed by atoms with Crippen LogP contribution < -0.4 is 0 Å². The molecule has 4 nitrogen and oxygen atoms in total. The maximum absolute atomic E-state index is 12.4. The third kappa shape index (κ3) is 2.14. The molecule has 7 heteroatoms. The van der Waals surface area contributed by atoms with E-state index in [4.69, 9.17) is 0 Å². The Kier molecular flexibility index (Phi) is 3.29. The van der Waals surface area contributed by atoms with E-state index in [1.54, 1.807) is 22.6 Å². The molecule has 0 fully saturated rings. The van der Waals surface area contributed by atoms with Crippen molar-refractivity contribution in [2.24, 2.45) is 0 Å². The van der Waals surface area contributed by atoms with Crippen molar-refractivity contribution >= 4 is 28.3 Å². The van der Waals surface area contributed by atoms with Crippen LogP contribution in [0.1, 0.15) is 17.7 Å². The fraction of sp³-hybridized carbons (Fsp3) is 0.286. The molecule has 0 atom stereocenters. The smallest absolute Gasteiger partial charge is 0.258 e. The summed E-state index contributed by atoms with van der Waals surface area (Å²) in [6.07, 6.45) is -2.88. The lowest BCUT2D eigenvalue weighted by atomic mass is 10.2. The predicted octanol–water partition coefficient (Wildman–Crippen LogP) is 2.84. The molecule has 76 valence electrons. The molecule has 1 heterocycles. The molecule has 0 spiro atoms. The van der Waals surface area contributed by atoms with Gasteiger partial charge in [0.1, 0.15) is 9.26 Å². The van der Waals surface area contributed by atoms with Gasteiger partial charge in [0, 0.05) is 6.07 Å². The molecular weight excluding hydrogens is 309 g/mol. The molecule has 0 saturated heterocycles. The van der Waals surface area contributed by atoms with E-state index in [1.165, 1.54) is 6.92 Å². The van der Waals surface area contributed by atoms with Crippen LogP contribution in [0, 0.1) is 20.7 Å². The first-order valence-corrected chi connectivity index (χ1v) is 4.61. The van der Waals surface area contributed by atoms with Gasteiger partial charge in [0.25, 0.3) is 12.1 Å². The van der Waals surface area contributed by atoms with E-state index in [0.29, 0.717) is 3.70 Å². The van der Waals surface area contributed by atoms with Gasteiger partial charge < -0.3 is 0 Å². The monoisotopic (exact) mass is 314 g/mol. The van der Waals surface area contributed by atoms with E-state index in [1.807, 2.05) is 0 Å². The second-order valence-corrected chi connectivity index (χ2v) is 3.63. The van der Waals surface area contributed by atoms with Crippen LogP contribution in [0.5, 0.6) is 0 Å². The Morgan fingerprint density at radius 1 is 1.64 bits per heavy atom. The van der Waals surface area contributed by atoms with Crippen LogP contribution in [0.3, 0.4) is 0 Å². The van der Waals surface area contributed by atoms with Crippen LogP contribution in [-0.4, -0.2) is 9.91 Å². The standard InChI is InChI=1S/C7H5F2IN2O2/c1-3-6(7(8)9)4(12(13)14)2-5(10)11-3/h2,7H,1H3. The molecule has 1 aromatic heterocycles. The number of hydrogen-bond donors (Lipinski definition) is 0. The van der Waals surface area contributed by atoms with Crippen molar-refractivity contribution in [1.29, 1.82) is 0 Å². The van der Waals surface area contributed by atoms with Crippen LogP contribution in [0.4, 0.5) is 14.5 Å². The molecule has 0 N–H and O–H groups in total. The molecule has 0 aliphatic heterocycles. The Morgan fingerprint density at radius 2 is 2.21 bits per heavy atom. The van der Waals surface area contributed by atoms with Gasteiger partial charge >= 0.3 is 0 Å². The summed E-state index contributed by atoms with van der Waals surface area (Å²) in [5.41, 5.74) is -1.18. The van der Waals surface area contributed by atoms with Crippen molar-refractivity contribution in [2.45, 2.75) is 13.3 Å². The number of hydrogen-bond acceptors (Lipinski definition) is 3. The largest absolute Gasteiger partial charge is 0.282 e. The molecule has 14 heavy (non-hydrogen) atoms. The summed E-state index contributed by atoms with van der Waals surface area (Å²) >= 11 is 1.74. The van der Waals surface area contributed by atoms with Crippen LogP contribution in [0.2, 0.25) is 0 Å². The fourth-order valence-electron chi connectivity index (χ4n) is 1.05. The van der Waals surface area contributed by atoms with E-state index in [-0.39, 0.29) is 5.69 Å². The molecule has 1 aromatic rings. The van der Waals surface area contributed by atoms with Gasteiger partial charge in [-0.15, -0.1) is 0 Å². The Labute approximate surface area is 91.6 Å². The minimum atomic E-state index is -2.88. The van der Waals surface area contributed by atoms with Crippen LogP contribution in [0.15, 0.2) is 6.07 Å². The van der Waals surface area contributed by atoms with Gasteiger partial charge in [0.2, 0.25) is 0 Å². The summed E-state index contributed by atoms with van der Waals surface area (Å²) < 4.78 is 25.2. The zero-order valence-corrected chi connectivity index (χ0v) is 9.16. The lowest BCUT2D eigenvalue weighted by Crippen LogP contribution is -2.02. The summed E-state index contributed by atoms with van der Waals surface area (Å²) in [5.74, 6) is 0. The molecule has 0 unspecified atom stereocenters. The average Bonchev–Trinajstić information content (AvgIpc) is 2.01. The van der Waals surface area contributed by atoms with E-state index in [0.717, 1.165) is 6.07 Å². The van der Waals surface area contributed by atoms with Gasteiger partial charge in [-0.3, -0.25) is 10.1 Å². The molecule has 1 rings (SSSR count). The number of alkyl halides is 2. The molecule has 0 aromatic carbocycles. The van der Waals surface area contributed by atoms with E-state index >= 15 is 0 Å². The molecule has 0 aliphatic rings. The van der Waals surface area contributed by atoms with Crippen molar-refractivity contribution in [3.63, 3.8) is 0 Å². The van der Waals surface area contributed by atoms with E-state index in [9.17, 15) is 18.9 Å². The summed E-state index contributed by atoms with van der Waals surface area (Å²) in [4.78, 5) is 13.4. The molecule has 0 radical (unpaired) electrons. The van der Waals surface area contributed by atoms with E-state index < -0.39 is 22.6 Å². The third-order valence-electron chi connectivity index (χ3n) is 1.61. The lowest BCUT2D eigenvalue weighted by Gasteiger charge is -2.05. The number of aromatic nitrogens is 1. The van der Waals surface area contributed by atoms with Gasteiger partial charge in [-0.25, -0.2) is 13.8 Å². The highest BCUT2D eigenvalue weighted by atomic mass is 127. The summed E-state index contributed by atoms with van der Waals surface area (Å²) in [6.45, 7) is 1.33. The van der Waals surface area contributed by atoms with E-state index in [2.05, 4.69) is 4.98 Å². The summed E-state index contributed by atoms with van der Waals surface area (Å²) in [6, 6.07) is 1.04. The SMILES string of the molecule is Cc1nc(I)cc([N+](=O)[O-])c1C(F)F. The maximum Gasteiger partial charge on any atom is 0.282 e. The lowest BCUT2D eigenvalue weighted by molar-refractivity contribution is -0.386. The van der Waals surface area contributed by atoms with Gasteiger partial charge in [-0.1, -0.05) is 0 Å². The maximum atomic E-state index is 12.4. The number of halogens is 3. The molecular formula is C7H5F2IN2O2. The molecule has 0 amide bonds. The Morgan fingerprint density at radius 3 is 2.64 bits per heavy atom. The first-order valence-electron chi connectivity index (χ1n) is 3.53. The van der Waals surface area contributed by atoms with Crippen LogP contribution >= 0.6 is 22.6 Å². The van der Waals surface area contributed by atoms with Gasteiger partial charge in [-0.05, 0) is 29.5 Å². The van der Waals surface area contributed by atoms with Crippen molar-refractivity contribution < 1.29 is 13.7 Å². The quantitative estimate of drug-likeness (QED) is 0.365. The first kappa shape index (κ1) is 11.2. The van der Waals surface area contributed by atoms with Crippen molar-refractivity contribution in [3.05, 3.63) is 31.1 Å². The van der Waals surface area contributed by atoms with Gasteiger partial charge in [0.15, 0.2) is 0 Å². The Bertz CT molecular complexity index is 384. The van der Waals surface area contributed by atoms with Gasteiger partial charge in [0.05, 0.1) is 10.6 Å². The predicted molar refractivity (Wildman–Crippen MR) is 53.3 cm³/mol. The number of aryl methyl sites for hydroxylation is 1. The minimum absolute atomic E-state index is 0.00130. The molecule has 0 saturated carbocycles. The zero-order valence-electron chi connectivity index (χ0n) is 7.00. The summed E-state index contributed by atoms with van der Waals surface area (Å²) in [5, 5.41) is 10.5. The number of rotatable bonds is 2. The topological polar surface area (TPSA) is 56.0 Å². The highest BCUT2D eigenvalue weighted by molar-refractivity contribution is 14.1. The zero-order chi connectivity index (χ0) is 10.9. The van der Waals surface area contributed by atoms with Gasteiger partial charge in [-0.2, -0.15) is 0 Å². The number of pyridine rings is 1. The highest BCUT2D eigenvalue weighted by Gasteiger charge is 2.25. The molecule has 0 bridgehead atoms. The fourth-order valence-corrected chi connectivity index (χ4v) is 1.71. The third-order valence-corrected chi connectivity index (χ3v) is 2.16. The average molecular weight is 314 g/mol. The van der Waals surface area contributed by atoms with Crippen LogP contribution in [-0.2, 0) is 0 Å². The Balaban J connectivity index is 3.44. The normalized spacial score (nSPS) is 10.6. The number of nitrogens with zero attached hydrogens (tertiary/aromatic N) is 2. The minimum Gasteiger partial charge on any atom is -0.258 e. The second-order valence-electron chi connectivity index (χ2n) is 2.52. The first-order chi connectivity index (χ1) is 6.43. The number of nitro groups is 1. The van der Waals surface area contributed by atoms with Crippen molar-refractivity contribution in [1.82, 2.24) is 4.98 Å². The second kappa shape index (κ2) is 4.11. The summed E-state index contributed by atoms with van der Waals surface area (Å²) in [7, 11) is 0. The van der Waals surface area contributed by atoms with Crippen molar-refractivity contribution in [2.75, 3.05) is 0 Å². The highest BCUT2D eigenvalue weighted by Crippen LogP contribution is 2.31. The van der Waals surface area contributed by atoms with Crippen molar-refractivity contribution in [3.8, 4) is 0 Å². The van der Waals surface area contributed by atoms with Crippen LogP contribution in [0.25, 0.3) is 0 Å².